The molecule has 2 rings (SSSR count). The maximum Gasteiger partial charge on any atom is 0.261 e. The minimum Gasteiger partial charge on any atom is -0.381 e. The largest absolute Gasteiger partial charge is 0.381 e. The summed E-state index contributed by atoms with van der Waals surface area (Å²) < 4.78 is 45.8. The molecule has 0 aliphatic carbocycles. The summed E-state index contributed by atoms with van der Waals surface area (Å²) >= 11 is 3.32. The molecule has 1 saturated heterocycles. The summed E-state index contributed by atoms with van der Waals surface area (Å²) in [7, 11) is -3.98. The van der Waals surface area contributed by atoms with Crippen molar-refractivity contribution in [3.05, 3.63) is 24.1 Å². The van der Waals surface area contributed by atoms with Crippen LogP contribution in [0.1, 0.15) is 12.8 Å². The standard InChI is InChI=1S/C11H14BrFN2O3S/c12-8-11(3-6-18-7-4-11)15-19(16,17)10-9(13)2-1-5-14-10/h1-2,5,15H,3-4,6-8H2. The zero-order chi connectivity index (χ0) is 13.9. The van der Waals surface area contributed by atoms with E-state index in [2.05, 4.69) is 25.6 Å². The van der Waals surface area contributed by atoms with Crippen LogP contribution in [0.5, 0.6) is 0 Å². The van der Waals surface area contributed by atoms with Crippen molar-refractivity contribution in [1.82, 2.24) is 9.71 Å². The van der Waals surface area contributed by atoms with E-state index in [4.69, 9.17) is 4.74 Å². The van der Waals surface area contributed by atoms with Gasteiger partial charge in [0, 0.05) is 30.3 Å². The van der Waals surface area contributed by atoms with Crippen molar-refractivity contribution in [2.24, 2.45) is 0 Å². The number of halogens is 2. The van der Waals surface area contributed by atoms with Gasteiger partial charge in [-0.3, -0.25) is 0 Å². The Kier molecular flexibility index (Phi) is 4.54. The zero-order valence-electron chi connectivity index (χ0n) is 10.1. The van der Waals surface area contributed by atoms with E-state index in [0.29, 0.717) is 31.4 Å². The van der Waals surface area contributed by atoms with Gasteiger partial charge in [0.2, 0.25) is 5.03 Å². The van der Waals surface area contributed by atoms with E-state index in [1.165, 1.54) is 12.3 Å². The van der Waals surface area contributed by atoms with Gasteiger partial charge in [0.05, 0.1) is 0 Å². The summed E-state index contributed by atoms with van der Waals surface area (Å²) in [6.45, 7) is 0.942. The normalized spacial score (nSPS) is 19.3. The number of nitrogens with zero attached hydrogens (tertiary/aromatic N) is 1. The number of pyridine rings is 1. The lowest BCUT2D eigenvalue weighted by atomic mass is 9.94. The number of hydrogen-bond acceptors (Lipinski definition) is 4. The Bertz CT molecular complexity index is 547. The molecule has 5 nitrogen and oxygen atoms in total. The number of alkyl halides is 1. The molecule has 8 heteroatoms. The number of hydrogen-bond donors (Lipinski definition) is 1. The van der Waals surface area contributed by atoms with Crippen molar-refractivity contribution in [2.45, 2.75) is 23.4 Å². The van der Waals surface area contributed by atoms with Crippen LogP contribution in [-0.4, -0.2) is 37.5 Å². The first kappa shape index (κ1) is 14.8. The second-order valence-electron chi connectivity index (χ2n) is 4.42. The SMILES string of the molecule is O=S(=O)(NC1(CBr)CCOCC1)c1ncccc1F. The van der Waals surface area contributed by atoms with E-state index in [1.54, 1.807) is 0 Å². The number of rotatable bonds is 4. The van der Waals surface area contributed by atoms with Gasteiger partial charge in [-0.1, -0.05) is 15.9 Å². The highest BCUT2D eigenvalue weighted by Gasteiger charge is 2.37. The summed E-state index contributed by atoms with van der Waals surface area (Å²) in [5.41, 5.74) is -0.652. The molecule has 0 unspecified atom stereocenters. The van der Waals surface area contributed by atoms with Gasteiger partial charge < -0.3 is 4.74 Å². The second-order valence-corrected chi connectivity index (χ2v) is 6.58. The molecule has 0 spiro atoms. The molecule has 0 aromatic carbocycles. The van der Waals surface area contributed by atoms with Crippen molar-refractivity contribution >= 4 is 26.0 Å². The number of sulfonamides is 1. The summed E-state index contributed by atoms with van der Waals surface area (Å²) in [6.07, 6.45) is 2.32. The molecule has 1 aliphatic heterocycles. The van der Waals surface area contributed by atoms with Crippen LogP contribution in [0.25, 0.3) is 0 Å². The fourth-order valence-electron chi connectivity index (χ4n) is 1.93. The van der Waals surface area contributed by atoms with E-state index in [1.807, 2.05) is 0 Å². The highest BCUT2D eigenvalue weighted by atomic mass is 79.9. The number of aromatic nitrogens is 1. The molecule has 1 aromatic rings. The third-order valence-electron chi connectivity index (χ3n) is 3.04. The Balaban J connectivity index is 2.28. The molecule has 106 valence electrons. The van der Waals surface area contributed by atoms with Gasteiger partial charge in [0.15, 0.2) is 5.82 Å². The minimum absolute atomic E-state index is 0.442. The van der Waals surface area contributed by atoms with E-state index >= 15 is 0 Å². The molecular formula is C11H14BrFN2O3S. The molecule has 2 heterocycles. The zero-order valence-corrected chi connectivity index (χ0v) is 12.5. The Hall–Kier alpha value is -0.570. The van der Waals surface area contributed by atoms with E-state index in [-0.39, 0.29) is 0 Å². The highest BCUT2D eigenvalue weighted by molar-refractivity contribution is 9.09. The van der Waals surface area contributed by atoms with Crippen LogP contribution < -0.4 is 4.72 Å². The number of nitrogens with one attached hydrogen (secondary N) is 1. The molecule has 0 amide bonds. The molecule has 1 aliphatic rings. The quantitative estimate of drug-likeness (QED) is 0.832. The Labute approximate surface area is 119 Å². The number of ether oxygens (including phenoxy) is 1. The summed E-state index contributed by atoms with van der Waals surface area (Å²) in [5.74, 6) is -0.855. The van der Waals surface area contributed by atoms with Gasteiger partial charge in [0.25, 0.3) is 10.0 Å². The summed E-state index contributed by atoms with van der Waals surface area (Å²) in [6, 6.07) is 2.43. The molecule has 0 bridgehead atoms. The third kappa shape index (κ3) is 3.31. The van der Waals surface area contributed by atoms with Gasteiger partial charge >= 0.3 is 0 Å². The molecular weight excluding hydrogens is 339 g/mol. The Morgan fingerprint density at radius 3 is 2.74 bits per heavy atom. The first-order valence-electron chi connectivity index (χ1n) is 5.77. The van der Waals surface area contributed by atoms with Crippen LogP contribution in [0.2, 0.25) is 0 Å². The summed E-state index contributed by atoms with van der Waals surface area (Å²) in [4.78, 5) is 3.61. The van der Waals surface area contributed by atoms with E-state index < -0.39 is 26.4 Å². The van der Waals surface area contributed by atoms with Crippen LogP contribution in [0.4, 0.5) is 4.39 Å². The van der Waals surface area contributed by atoms with Crippen molar-refractivity contribution in [3.63, 3.8) is 0 Å². The van der Waals surface area contributed by atoms with Crippen molar-refractivity contribution in [3.8, 4) is 0 Å². The minimum atomic E-state index is -3.98. The van der Waals surface area contributed by atoms with Gasteiger partial charge in [-0.15, -0.1) is 0 Å². The lowest BCUT2D eigenvalue weighted by Crippen LogP contribution is -2.53. The van der Waals surface area contributed by atoms with Crippen LogP contribution in [0.3, 0.4) is 0 Å². The predicted octanol–water partition coefficient (Wildman–Crippen LogP) is 1.44. The van der Waals surface area contributed by atoms with Crippen LogP contribution >= 0.6 is 15.9 Å². The topological polar surface area (TPSA) is 68.3 Å². The van der Waals surface area contributed by atoms with E-state index in [9.17, 15) is 12.8 Å². The lowest BCUT2D eigenvalue weighted by molar-refractivity contribution is 0.0557. The lowest BCUT2D eigenvalue weighted by Gasteiger charge is -2.35. The van der Waals surface area contributed by atoms with Crippen molar-refractivity contribution in [1.29, 1.82) is 0 Å². The van der Waals surface area contributed by atoms with Gasteiger partial charge in [-0.2, -0.15) is 0 Å². The maximum absolute atomic E-state index is 13.6. The monoisotopic (exact) mass is 352 g/mol. The Morgan fingerprint density at radius 2 is 2.16 bits per heavy atom. The predicted molar refractivity (Wildman–Crippen MR) is 71.1 cm³/mol. The molecule has 1 aromatic heterocycles. The van der Waals surface area contributed by atoms with Gasteiger partial charge in [-0.05, 0) is 25.0 Å². The first-order valence-corrected chi connectivity index (χ1v) is 8.38. The van der Waals surface area contributed by atoms with Crippen LogP contribution in [0.15, 0.2) is 23.4 Å². The van der Waals surface area contributed by atoms with Gasteiger partial charge in [-0.25, -0.2) is 22.5 Å². The highest BCUT2D eigenvalue weighted by Crippen LogP contribution is 2.25. The van der Waals surface area contributed by atoms with Crippen molar-refractivity contribution in [2.75, 3.05) is 18.5 Å². The fraction of sp³-hybridized carbons (Fsp3) is 0.545. The average molecular weight is 353 g/mol. The van der Waals surface area contributed by atoms with Crippen LogP contribution in [-0.2, 0) is 14.8 Å². The molecule has 0 saturated carbocycles. The third-order valence-corrected chi connectivity index (χ3v) is 5.62. The van der Waals surface area contributed by atoms with Crippen molar-refractivity contribution < 1.29 is 17.5 Å². The fourth-order valence-corrected chi connectivity index (χ4v) is 4.28. The molecule has 1 fully saturated rings. The Morgan fingerprint density at radius 1 is 1.47 bits per heavy atom. The first-order chi connectivity index (χ1) is 8.99. The van der Waals surface area contributed by atoms with Gasteiger partial charge in [0.1, 0.15) is 0 Å². The molecule has 1 N–H and O–H groups in total. The molecule has 0 radical (unpaired) electrons. The molecule has 0 atom stereocenters. The van der Waals surface area contributed by atoms with E-state index in [0.717, 1.165) is 6.07 Å². The average Bonchev–Trinajstić information content (AvgIpc) is 2.39. The maximum atomic E-state index is 13.6. The second kappa shape index (κ2) is 5.82. The smallest absolute Gasteiger partial charge is 0.261 e. The summed E-state index contributed by atoms with van der Waals surface area (Å²) in [5, 5.41) is -0.126. The van der Waals surface area contributed by atoms with Crippen LogP contribution in [0, 0.1) is 5.82 Å². The molecule has 19 heavy (non-hydrogen) atoms.